The van der Waals surface area contributed by atoms with Crippen LogP contribution in [0.15, 0.2) is 52.3 Å². The Morgan fingerprint density at radius 1 is 1.12 bits per heavy atom. The van der Waals surface area contributed by atoms with Gasteiger partial charge in [-0.15, -0.1) is 0 Å². The number of nitrogens with one attached hydrogen (secondary N) is 1. The second kappa shape index (κ2) is 6.21. The van der Waals surface area contributed by atoms with Crippen molar-refractivity contribution in [1.82, 2.24) is 29.5 Å². The first-order chi connectivity index (χ1) is 12.8. The maximum atomic E-state index is 4.44. The van der Waals surface area contributed by atoms with Crippen molar-refractivity contribution >= 4 is 28.7 Å². The van der Waals surface area contributed by atoms with Crippen LogP contribution in [0.1, 0.15) is 25.5 Å². The topological polar surface area (TPSA) is 81.4 Å². The van der Waals surface area contributed by atoms with Gasteiger partial charge in [0.15, 0.2) is 11.5 Å². The van der Waals surface area contributed by atoms with E-state index in [0.717, 1.165) is 59.2 Å². The minimum Gasteiger partial charge on any atom is -0.337 e. The van der Waals surface area contributed by atoms with E-state index in [-0.39, 0.29) is 0 Å². The summed E-state index contributed by atoms with van der Waals surface area (Å²) in [7, 11) is 0. The van der Waals surface area contributed by atoms with Gasteiger partial charge in [-0.1, -0.05) is 18.7 Å². The highest BCUT2D eigenvalue weighted by Gasteiger charge is 2.23. The van der Waals surface area contributed by atoms with E-state index in [1.165, 1.54) is 10.5 Å². The van der Waals surface area contributed by atoms with Crippen molar-refractivity contribution < 1.29 is 0 Å². The summed E-state index contributed by atoms with van der Waals surface area (Å²) in [4.78, 5) is 23.3. The number of aromatic nitrogens is 6. The Kier molecular flexibility index (Phi) is 3.70. The van der Waals surface area contributed by atoms with Gasteiger partial charge in [0, 0.05) is 29.5 Å². The molecule has 0 amide bonds. The third-order valence-corrected chi connectivity index (χ3v) is 5.82. The van der Waals surface area contributed by atoms with Crippen LogP contribution in [0.4, 0.5) is 5.82 Å². The van der Waals surface area contributed by atoms with Crippen LogP contribution in [0, 0.1) is 0 Å². The summed E-state index contributed by atoms with van der Waals surface area (Å²) < 4.78 is 2.16. The van der Waals surface area contributed by atoms with Crippen LogP contribution in [0.3, 0.4) is 0 Å². The van der Waals surface area contributed by atoms with Gasteiger partial charge in [0.2, 0.25) is 0 Å². The minimum atomic E-state index is 0.767. The molecule has 0 aromatic carbocycles. The molecule has 0 atom stereocenters. The number of thioether (sulfide) groups is 1. The van der Waals surface area contributed by atoms with Crippen LogP contribution in [-0.4, -0.2) is 29.5 Å². The summed E-state index contributed by atoms with van der Waals surface area (Å²) in [5, 5.41) is 4.38. The number of allylic oxidation sites excluding steroid dienone is 3. The number of hydrogen-bond donors (Lipinski definition) is 1. The Morgan fingerprint density at radius 3 is 2.96 bits per heavy atom. The molecular weight excluding hydrogens is 346 g/mol. The van der Waals surface area contributed by atoms with E-state index in [4.69, 9.17) is 0 Å². The highest BCUT2D eigenvalue weighted by molar-refractivity contribution is 8.03. The molecule has 0 unspecified atom stereocenters. The number of hydrogen-bond acceptors (Lipinski definition) is 7. The van der Waals surface area contributed by atoms with Gasteiger partial charge in [-0.2, -0.15) is 0 Å². The first-order valence-corrected chi connectivity index (χ1v) is 9.46. The van der Waals surface area contributed by atoms with E-state index in [0.29, 0.717) is 0 Å². The molecule has 1 N–H and O–H groups in total. The lowest BCUT2D eigenvalue weighted by Crippen LogP contribution is -2.14. The number of aryl methyl sites for hydroxylation is 1. The summed E-state index contributed by atoms with van der Waals surface area (Å²) in [6.45, 7) is 2.91. The van der Waals surface area contributed by atoms with E-state index >= 15 is 0 Å². The normalized spacial score (nSPS) is 16.1. The number of nitrogens with zero attached hydrogens (tertiary/aromatic N) is 6. The Bertz CT molecular complexity index is 1070. The molecule has 0 spiro atoms. The Labute approximate surface area is 154 Å². The molecule has 1 aliphatic heterocycles. The third kappa shape index (κ3) is 2.57. The molecule has 3 aromatic heterocycles. The number of fused-ring (bicyclic) bond motifs is 2. The average molecular weight is 363 g/mol. The van der Waals surface area contributed by atoms with Gasteiger partial charge in [-0.05, 0) is 30.9 Å². The monoisotopic (exact) mass is 363 g/mol. The zero-order valence-electron chi connectivity index (χ0n) is 14.3. The summed E-state index contributed by atoms with van der Waals surface area (Å²) in [6, 6.07) is 0. The fraction of sp³-hybridized carbons (Fsp3) is 0.278. The van der Waals surface area contributed by atoms with E-state index < -0.39 is 0 Å². The molecule has 1 aliphatic carbocycles. The number of anilines is 1. The number of imidazole rings is 1. The summed E-state index contributed by atoms with van der Waals surface area (Å²) in [6.07, 6.45) is 12.1. The van der Waals surface area contributed by atoms with Gasteiger partial charge < -0.3 is 9.88 Å². The molecule has 3 aromatic rings. The summed E-state index contributed by atoms with van der Waals surface area (Å²) >= 11 is 1.72. The molecule has 8 heteroatoms. The lowest BCUT2D eigenvalue weighted by atomic mass is 10.0. The highest BCUT2D eigenvalue weighted by Crippen LogP contribution is 2.42. The zero-order chi connectivity index (χ0) is 17.5. The predicted molar refractivity (Wildman–Crippen MR) is 101 cm³/mol. The minimum absolute atomic E-state index is 0.767. The van der Waals surface area contributed by atoms with Crippen LogP contribution in [-0.2, 0) is 13.0 Å². The molecular formula is C18H17N7S. The lowest BCUT2D eigenvalue weighted by molar-refractivity contribution is 0.744. The van der Waals surface area contributed by atoms with Gasteiger partial charge in [0.05, 0.1) is 12.0 Å². The van der Waals surface area contributed by atoms with Crippen LogP contribution in [0.5, 0.6) is 0 Å². The number of rotatable bonds is 3. The highest BCUT2D eigenvalue weighted by atomic mass is 32.2. The van der Waals surface area contributed by atoms with E-state index in [1.54, 1.807) is 30.5 Å². The molecule has 2 aliphatic rings. The quantitative estimate of drug-likeness (QED) is 0.764. The SMILES string of the molecule is CCc1ncnc2ncn(CC3=CC4=C(CC3)Sc3nccnc3N4)c12. The first-order valence-electron chi connectivity index (χ1n) is 8.65. The molecule has 0 bridgehead atoms. The lowest BCUT2D eigenvalue weighted by Gasteiger charge is -2.25. The van der Waals surface area contributed by atoms with Crippen LogP contribution in [0.25, 0.3) is 11.2 Å². The first kappa shape index (κ1) is 15.5. The van der Waals surface area contributed by atoms with Crippen LogP contribution < -0.4 is 5.32 Å². The zero-order valence-corrected chi connectivity index (χ0v) is 15.1. The maximum Gasteiger partial charge on any atom is 0.181 e. The van der Waals surface area contributed by atoms with Crippen molar-refractivity contribution in [3.05, 3.63) is 53.0 Å². The summed E-state index contributed by atoms with van der Waals surface area (Å²) in [5.74, 6) is 0.837. The smallest absolute Gasteiger partial charge is 0.181 e. The van der Waals surface area contributed by atoms with Crippen molar-refractivity contribution in [3.63, 3.8) is 0 Å². The summed E-state index contributed by atoms with van der Waals surface area (Å²) in [5.41, 5.74) is 5.34. The van der Waals surface area contributed by atoms with Gasteiger partial charge in [-0.25, -0.2) is 24.9 Å². The van der Waals surface area contributed by atoms with E-state index in [9.17, 15) is 0 Å². The van der Waals surface area contributed by atoms with Crippen molar-refractivity contribution in [3.8, 4) is 0 Å². The fourth-order valence-corrected chi connectivity index (χ4v) is 4.38. The third-order valence-electron chi connectivity index (χ3n) is 4.65. The van der Waals surface area contributed by atoms with E-state index in [1.807, 2.05) is 6.33 Å². The molecule has 26 heavy (non-hydrogen) atoms. The molecule has 0 saturated carbocycles. The second-order valence-electron chi connectivity index (χ2n) is 6.30. The standard InChI is InChI=1S/C18H17N7S/c1-2-12-15-16(22-9-21-12)23-10-25(15)8-11-3-4-14-13(7-11)24-17-18(26-14)20-6-5-19-17/h5-7,9-10H,2-4,8H2,1H3,(H,19,24). The van der Waals surface area contributed by atoms with Gasteiger partial charge in [0.25, 0.3) is 0 Å². The predicted octanol–water partition coefficient (Wildman–Crippen LogP) is 3.33. The molecule has 5 rings (SSSR count). The molecule has 7 nitrogen and oxygen atoms in total. The van der Waals surface area contributed by atoms with Crippen molar-refractivity contribution in [2.75, 3.05) is 5.32 Å². The Morgan fingerprint density at radius 2 is 2.04 bits per heavy atom. The molecule has 0 fully saturated rings. The van der Waals surface area contributed by atoms with Gasteiger partial charge >= 0.3 is 0 Å². The Hall–Kier alpha value is -2.74. The van der Waals surface area contributed by atoms with Crippen LogP contribution in [0.2, 0.25) is 0 Å². The van der Waals surface area contributed by atoms with Crippen molar-refractivity contribution in [2.45, 2.75) is 37.8 Å². The molecule has 130 valence electrons. The molecule has 0 saturated heterocycles. The van der Waals surface area contributed by atoms with Crippen molar-refractivity contribution in [1.29, 1.82) is 0 Å². The largest absolute Gasteiger partial charge is 0.337 e. The second-order valence-corrected chi connectivity index (χ2v) is 7.38. The maximum absolute atomic E-state index is 4.44. The van der Waals surface area contributed by atoms with Crippen molar-refractivity contribution in [2.24, 2.45) is 0 Å². The van der Waals surface area contributed by atoms with E-state index in [2.05, 4.69) is 47.8 Å². The van der Waals surface area contributed by atoms with Crippen LogP contribution >= 0.6 is 11.8 Å². The average Bonchev–Trinajstić information content (AvgIpc) is 3.09. The van der Waals surface area contributed by atoms with Gasteiger partial charge in [-0.3, -0.25) is 0 Å². The molecule has 0 radical (unpaired) electrons. The fourth-order valence-electron chi connectivity index (χ4n) is 3.40. The molecule has 4 heterocycles. The van der Waals surface area contributed by atoms with Gasteiger partial charge in [0.1, 0.15) is 16.9 Å². The Balaban J connectivity index is 1.46.